The van der Waals surface area contributed by atoms with E-state index in [1.165, 1.54) is 0 Å². The molecule has 0 aliphatic rings. The van der Waals surface area contributed by atoms with E-state index in [1.807, 2.05) is 0 Å². The van der Waals surface area contributed by atoms with Crippen LogP contribution in [0.15, 0.2) is 0 Å². The molecule has 0 aromatic rings. The Morgan fingerprint density at radius 2 is 0.750 bits per heavy atom. The van der Waals surface area contributed by atoms with Crippen molar-refractivity contribution in [2.24, 2.45) is 0 Å². The SMILES string of the molecule is [O-][Si]([O-])([O-])O[Si]([O-])([O-])[O-].[Zn+2].[Zn+2].[Zn+2]. The predicted molar refractivity (Wildman–Crippen MR) is 12.6 cm³/mol. The van der Waals surface area contributed by atoms with Crippen molar-refractivity contribution in [3.8, 4) is 0 Å². The number of rotatable bonds is 2. The van der Waals surface area contributed by atoms with Gasteiger partial charge in [-0.2, -0.15) is 0 Å². The molecule has 0 aromatic heterocycles. The van der Waals surface area contributed by atoms with Crippen molar-refractivity contribution < 1.29 is 91.3 Å². The van der Waals surface area contributed by atoms with Gasteiger partial charge in [-0.25, -0.2) is 0 Å². The molecule has 0 radical (unpaired) electrons. The van der Waals surface area contributed by atoms with Crippen molar-refractivity contribution in [3.05, 3.63) is 0 Å². The Labute approximate surface area is 109 Å². The first-order valence-electron chi connectivity index (χ1n) is 1.63. The zero-order chi connectivity index (χ0) is 7.71. The molecule has 0 heterocycles. The molecule has 0 aromatic carbocycles. The molecule has 12 heavy (non-hydrogen) atoms. The second-order valence-corrected chi connectivity index (χ2v) is 3.92. The molecule has 0 bridgehead atoms. The van der Waals surface area contributed by atoms with Gasteiger partial charge in [-0.1, -0.05) is 0 Å². The van der Waals surface area contributed by atoms with Gasteiger partial charge < -0.3 is 32.9 Å². The summed E-state index contributed by atoms with van der Waals surface area (Å²) in [4.78, 5) is 56.2. The average Bonchev–Trinajstić information content (AvgIpc) is 1.14. The smallest absolute Gasteiger partial charge is 0.862 e. The number of hydrogen-bond acceptors (Lipinski definition) is 7. The molecule has 7 nitrogen and oxygen atoms in total. The van der Waals surface area contributed by atoms with Crippen molar-refractivity contribution in [2.75, 3.05) is 0 Å². The molecule has 0 amide bonds. The summed E-state index contributed by atoms with van der Waals surface area (Å²) >= 11 is 0. The van der Waals surface area contributed by atoms with E-state index in [-0.39, 0.29) is 58.4 Å². The van der Waals surface area contributed by atoms with Crippen LogP contribution in [0.3, 0.4) is 0 Å². The normalized spacial score (nSPS) is 10.5. The van der Waals surface area contributed by atoms with Crippen LogP contribution in [0.25, 0.3) is 0 Å². The van der Waals surface area contributed by atoms with E-state index in [4.69, 9.17) is 0 Å². The largest absolute Gasteiger partial charge is 2.00 e. The summed E-state index contributed by atoms with van der Waals surface area (Å²) < 4.78 is 2.57. The van der Waals surface area contributed by atoms with Gasteiger partial charge in [-0.3, -0.25) is 0 Å². The van der Waals surface area contributed by atoms with Crippen molar-refractivity contribution in [3.63, 3.8) is 0 Å². The molecule has 0 saturated carbocycles. The van der Waals surface area contributed by atoms with Gasteiger partial charge in [0.1, 0.15) is 0 Å². The molecule has 0 aliphatic heterocycles. The third kappa shape index (κ3) is 22.7. The summed E-state index contributed by atoms with van der Waals surface area (Å²) in [5, 5.41) is 0. The second kappa shape index (κ2) is 8.34. The van der Waals surface area contributed by atoms with Gasteiger partial charge >= 0.3 is 58.4 Å². The zero-order valence-corrected chi connectivity index (χ0v) is 16.9. The van der Waals surface area contributed by atoms with E-state index in [9.17, 15) is 28.8 Å². The van der Waals surface area contributed by atoms with Gasteiger partial charge in [0.15, 0.2) is 0 Å². The minimum Gasteiger partial charge on any atom is -0.862 e. The van der Waals surface area contributed by atoms with E-state index in [1.54, 1.807) is 0 Å². The molecule has 0 saturated heterocycles. The molecule has 0 rings (SSSR count). The second-order valence-electron chi connectivity index (χ2n) is 1.10. The van der Waals surface area contributed by atoms with E-state index < -0.39 is 18.1 Å². The molecule has 0 N–H and O–H groups in total. The molecule has 0 atom stereocenters. The number of hydrogen-bond donors (Lipinski definition) is 0. The first-order chi connectivity index (χ1) is 3.71. The minimum atomic E-state index is -5.92. The van der Waals surface area contributed by atoms with Gasteiger partial charge in [-0.05, 0) is 0 Å². The van der Waals surface area contributed by atoms with Crippen molar-refractivity contribution in [1.82, 2.24) is 0 Å². The van der Waals surface area contributed by atoms with Crippen LogP contribution in [0, 0.1) is 0 Å². The maximum absolute atomic E-state index is 9.36. The minimum absolute atomic E-state index is 0. The van der Waals surface area contributed by atoms with Crippen LogP contribution in [0.4, 0.5) is 0 Å². The fraction of sp³-hybridized carbons (Fsp3) is 0. The Balaban J connectivity index is -0.000000107. The van der Waals surface area contributed by atoms with E-state index in [0.717, 1.165) is 0 Å². The standard InChI is InChI=1S/O7Si2.3Zn/c1-8(2,3)7-9(4,5)6;;;/q-6;3*+2. The maximum atomic E-state index is 9.36. The Kier molecular flexibility index (Phi) is 16.5. The van der Waals surface area contributed by atoms with E-state index in [0.29, 0.717) is 0 Å². The van der Waals surface area contributed by atoms with Crippen molar-refractivity contribution >= 4 is 18.1 Å². The van der Waals surface area contributed by atoms with Crippen LogP contribution in [0.1, 0.15) is 0 Å². The first kappa shape index (κ1) is 23.7. The van der Waals surface area contributed by atoms with Crippen molar-refractivity contribution in [2.45, 2.75) is 0 Å². The topological polar surface area (TPSA) is 148 Å². The van der Waals surface area contributed by atoms with Crippen LogP contribution in [0.5, 0.6) is 0 Å². The summed E-state index contributed by atoms with van der Waals surface area (Å²) in [6.07, 6.45) is 0. The molecular weight excluding hydrogens is 364 g/mol. The molecule has 0 unspecified atom stereocenters. The van der Waals surface area contributed by atoms with Crippen LogP contribution in [-0.2, 0) is 62.5 Å². The summed E-state index contributed by atoms with van der Waals surface area (Å²) in [7, 11) is -11.8. The first-order valence-corrected chi connectivity index (χ1v) is 4.90. The third-order valence-electron chi connectivity index (χ3n) is 0.250. The van der Waals surface area contributed by atoms with Crippen molar-refractivity contribution in [1.29, 1.82) is 0 Å². The van der Waals surface area contributed by atoms with Crippen LogP contribution >= 0.6 is 0 Å². The molecule has 56 valence electrons. The maximum Gasteiger partial charge on any atom is 2.00 e. The molecule has 0 spiro atoms. The van der Waals surface area contributed by atoms with Gasteiger partial charge in [0.2, 0.25) is 0 Å². The molecule has 12 heteroatoms. The Bertz CT molecular complexity index is 81.8. The Hall–Kier alpha value is 2.02. The predicted octanol–water partition coefficient (Wildman–Crippen LogP) is -7.97. The quantitative estimate of drug-likeness (QED) is 0.442. The molecule has 0 aliphatic carbocycles. The Morgan fingerprint density at radius 3 is 0.750 bits per heavy atom. The van der Waals surface area contributed by atoms with Crippen LogP contribution in [0.2, 0.25) is 0 Å². The summed E-state index contributed by atoms with van der Waals surface area (Å²) in [6, 6.07) is 0. The van der Waals surface area contributed by atoms with Gasteiger partial charge in [-0.15, -0.1) is 18.1 Å². The van der Waals surface area contributed by atoms with Gasteiger partial charge in [0.05, 0.1) is 0 Å². The molecule has 0 fully saturated rings. The van der Waals surface area contributed by atoms with Crippen LogP contribution < -0.4 is 28.8 Å². The summed E-state index contributed by atoms with van der Waals surface area (Å²) in [5.74, 6) is 0. The van der Waals surface area contributed by atoms with Gasteiger partial charge in [0, 0.05) is 0 Å². The fourth-order valence-corrected chi connectivity index (χ4v) is 1.38. The average molecular weight is 364 g/mol. The van der Waals surface area contributed by atoms with E-state index in [2.05, 4.69) is 4.12 Å². The fourth-order valence-electron chi connectivity index (χ4n) is 0.153. The summed E-state index contributed by atoms with van der Waals surface area (Å²) in [5.41, 5.74) is 0. The summed E-state index contributed by atoms with van der Waals surface area (Å²) in [6.45, 7) is 0. The Morgan fingerprint density at radius 1 is 0.583 bits per heavy atom. The monoisotopic (exact) mass is 360 g/mol. The zero-order valence-electron chi connectivity index (χ0n) is 5.98. The molecular formula is O7Si2Zn3. The van der Waals surface area contributed by atoms with Gasteiger partial charge in [0.25, 0.3) is 0 Å². The third-order valence-corrected chi connectivity index (χ3v) is 2.25. The van der Waals surface area contributed by atoms with Crippen LogP contribution in [-0.4, -0.2) is 18.1 Å². The van der Waals surface area contributed by atoms with E-state index >= 15 is 0 Å².